The Labute approximate surface area is 95.1 Å². The van der Waals surface area contributed by atoms with Crippen LogP contribution in [-0.4, -0.2) is 17.0 Å². The zero-order valence-electron chi connectivity index (χ0n) is 8.39. The topological polar surface area (TPSA) is 63.6 Å². The number of carbonyl (C=O) groups is 2. The Bertz CT molecular complexity index is 570. The van der Waals surface area contributed by atoms with Crippen LogP contribution < -0.4 is 4.74 Å². The van der Waals surface area contributed by atoms with Crippen LogP contribution in [-0.2, 0) is 4.79 Å². The summed E-state index contributed by atoms with van der Waals surface area (Å²) in [7, 11) is 0. The highest BCUT2D eigenvalue weighted by molar-refractivity contribution is 7.17. The van der Waals surface area contributed by atoms with Gasteiger partial charge < -0.3 is 9.84 Å². The molecule has 0 unspecified atom stereocenters. The fourth-order valence-electron chi connectivity index (χ4n) is 1.37. The molecule has 0 bridgehead atoms. The third kappa shape index (κ3) is 1.90. The lowest BCUT2D eigenvalue weighted by Gasteiger charge is -1.99. The molecule has 1 aromatic heterocycles. The zero-order chi connectivity index (χ0) is 11.7. The van der Waals surface area contributed by atoms with Crippen molar-refractivity contribution in [3.63, 3.8) is 0 Å². The Morgan fingerprint density at radius 2 is 2.12 bits per heavy atom. The number of esters is 1. The van der Waals surface area contributed by atoms with Gasteiger partial charge in [-0.15, -0.1) is 11.3 Å². The van der Waals surface area contributed by atoms with Crippen molar-refractivity contribution in [3.05, 3.63) is 29.1 Å². The highest BCUT2D eigenvalue weighted by Crippen LogP contribution is 2.33. The first-order valence-corrected chi connectivity index (χ1v) is 5.39. The van der Waals surface area contributed by atoms with Crippen LogP contribution in [0.1, 0.15) is 17.3 Å². The number of ether oxygens (including phenoxy) is 1. The molecule has 0 atom stereocenters. The molecule has 0 radical (unpaired) electrons. The number of thiophene rings is 1. The summed E-state index contributed by atoms with van der Waals surface area (Å²) in [6.45, 7) is 1.31. The van der Waals surface area contributed by atoms with E-state index >= 15 is 0 Å². The molecule has 0 saturated carbocycles. The lowest BCUT2D eigenvalue weighted by molar-refractivity contribution is -0.131. The highest BCUT2D eigenvalue weighted by Gasteiger charge is 2.10. The largest absolute Gasteiger partial charge is 0.478 e. The SMILES string of the molecule is CC(=O)Oc1csc2ccc(C(=O)O)cc12. The van der Waals surface area contributed by atoms with E-state index in [2.05, 4.69) is 0 Å². The van der Waals surface area contributed by atoms with Crippen LogP contribution in [0.5, 0.6) is 5.75 Å². The van der Waals surface area contributed by atoms with Gasteiger partial charge >= 0.3 is 11.9 Å². The molecular formula is C11H8O4S. The fraction of sp³-hybridized carbons (Fsp3) is 0.0909. The number of hydrogen-bond donors (Lipinski definition) is 1. The summed E-state index contributed by atoms with van der Waals surface area (Å²) in [5.74, 6) is -1.00. The quantitative estimate of drug-likeness (QED) is 0.814. The Morgan fingerprint density at radius 3 is 2.75 bits per heavy atom. The molecule has 0 amide bonds. The molecule has 0 aliphatic carbocycles. The molecular weight excluding hydrogens is 228 g/mol. The van der Waals surface area contributed by atoms with E-state index in [-0.39, 0.29) is 5.56 Å². The van der Waals surface area contributed by atoms with Crippen molar-refractivity contribution in [1.82, 2.24) is 0 Å². The molecule has 0 saturated heterocycles. The predicted molar refractivity (Wildman–Crippen MR) is 60.1 cm³/mol. The van der Waals surface area contributed by atoms with Crippen LogP contribution >= 0.6 is 11.3 Å². The molecule has 0 spiro atoms. The Morgan fingerprint density at radius 1 is 1.38 bits per heavy atom. The van der Waals surface area contributed by atoms with Crippen LogP contribution in [0.2, 0.25) is 0 Å². The van der Waals surface area contributed by atoms with Crippen molar-refractivity contribution in [2.24, 2.45) is 0 Å². The van der Waals surface area contributed by atoms with Crippen molar-refractivity contribution in [2.45, 2.75) is 6.92 Å². The second-order valence-electron chi connectivity index (χ2n) is 3.21. The summed E-state index contributed by atoms with van der Waals surface area (Å²) in [4.78, 5) is 21.6. The van der Waals surface area contributed by atoms with Crippen molar-refractivity contribution < 1.29 is 19.4 Å². The summed E-state index contributed by atoms with van der Waals surface area (Å²) < 4.78 is 5.87. The Hall–Kier alpha value is -1.88. The molecule has 16 heavy (non-hydrogen) atoms. The molecule has 2 rings (SSSR count). The van der Waals surface area contributed by atoms with Gasteiger partial charge in [-0.3, -0.25) is 4.79 Å². The number of carboxylic acid groups (broad SMARTS) is 1. The highest BCUT2D eigenvalue weighted by atomic mass is 32.1. The predicted octanol–water partition coefficient (Wildman–Crippen LogP) is 2.52. The van der Waals surface area contributed by atoms with Gasteiger partial charge in [0.05, 0.1) is 5.56 Å². The van der Waals surface area contributed by atoms with E-state index in [1.807, 2.05) is 0 Å². The van der Waals surface area contributed by atoms with E-state index in [9.17, 15) is 9.59 Å². The number of benzene rings is 1. The number of carboxylic acids is 1. The summed E-state index contributed by atoms with van der Waals surface area (Å²) in [5.41, 5.74) is 0.180. The van der Waals surface area contributed by atoms with Gasteiger partial charge in [-0.05, 0) is 18.2 Å². The smallest absolute Gasteiger partial charge is 0.335 e. The van der Waals surface area contributed by atoms with E-state index in [4.69, 9.17) is 9.84 Å². The summed E-state index contributed by atoms with van der Waals surface area (Å²) in [5, 5.41) is 11.2. The van der Waals surface area contributed by atoms with Gasteiger partial charge in [-0.25, -0.2) is 4.79 Å². The van der Waals surface area contributed by atoms with Crippen LogP contribution in [0.15, 0.2) is 23.6 Å². The van der Waals surface area contributed by atoms with E-state index in [1.165, 1.54) is 30.4 Å². The fourth-order valence-corrected chi connectivity index (χ4v) is 2.21. The van der Waals surface area contributed by atoms with Gasteiger partial charge in [0.1, 0.15) is 5.75 Å². The van der Waals surface area contributed by atoms with E-state index in [0.29, 0.717) is 11.1 Å². The van der Waals surface area contributed by atoms with Crippen LogP contribution in [0.25, 0.3) is 10.1 Å². The molecule has 1 heterocycles. The van der Waals surface area contributed by atoms with Gasteiger partial charge in [-0.2, -0.15) is 0 Å². The average Bonchev–Trinajstić information content (AvgIpc) is 2.60. The molecule has 1 aromatic carbocycles. The first kappa shape index (κ1) is 10.6. The van der Waals surface area contributed by atoms with Crippen molar-refractivity contribution in [3.8, 4) is 5.75 Å². The molecule has 0 fully saturated rings. The molecule has 0 aliphatic heterocycles. The second-order valence-corrected chi connectivity index (χ2v) is 4.12. The monoisotopic (exact) mass is 236 g/mol. The lowest BCUT2D eigenvalue weighted by Crippen LogP contribution is -2.01. The van der Waals surface area contributed by atoms with Crippen molar-refractivity contribution in [1.29, 1.82) is 0 Å². The number of aromatic carboxylic acids is 1. The van der Waals surface area contributed by atoms with Crippen LogP contribution in [0, 0.1) is 0 Å². The van der Waals surface area contributed by atoms with Crippen molar-refractivity contribution >= 4 is 33.4 Å². The van der Waals surface area contributed by atoms with Gasteiger partial charge in [0.25, 0.3) is 0 Å². The normalized spacial score (nSPS) is 10.3. The average molecular weight is 236 g/mol. The Kier molecular flexibility index (Phi) is 2.62. The maximum absolute atomic E-state index is 10.8. The number of fused-ring (bicyclic) bond motifs is 1. The van der Waals surface area contributed by atoms with Crippen LogP contribution in [0.4, 0.5) is 0 Å². The van der Waals surface area contributed by atoms with E-state index < -0.39 is 11.9 Å². The molecule has 2 aromatic rings. The molecule has 82 valence electrons. The van der Waals surface area contributed by atoms with E-state index in [0.717, 1.165) is 4.70 Å². The minimum absolute atomic E-state index is 0.180. The third-order valence-electron chi connectivity index (χ3n) is 2.04. The number of hydrogen-bond acceptors (Lipinski definition) is 4. The molecule has 5 heteroatoms. The van der Waals surface area contributed by atoms with Gasteiger partial charge in [0, 0.05) is 22.4 Å². The maximum atomic E-state index is 10.8. The Balaban J connectivity index is 2.55. The second kappa shape index (κ2) is 3.94. The van der Waals surface area contributed by atoms with Gasteiger partial charge in [0.15, 0.2) is 0 Å². The van der Waals surface area contributed by atoms with Gasteiger partial charge in [-0.1, -0.05) is 0 Å². The molecule has 0 aliphatic rings. The zero-order valence-corrected chi connectivity index (χ0v) is 9.21. The van der Waals surface area contributed by atoms with E-state index in [1.54, 1.807) is 11.4 Å². The maximum Gasteiger partial charge on any atom is 0.335 e. The summed E-state index contributed by atoms with van der Waals surface area (Å²) in [6.07, 6.45) is 0. The van der Waals surface area contributed by atoms with Gasteiger partial charge in [0.2, 0.25) is 0 Å². The minimum atomic E-state index is -0.998. The van der Waals surface area contributed by atoms with Crippen molar-refractivity contribution in [2.75, 3.05) is 0 Å². The first-order chi connectivity index (χ1) is 7.58. The molecule has 1 N–H and O–H groups in total. The molecule has 4 nitrogen and oxygen atoms in total. The first-order valence-electron chi connectivity index (χ1n) is 4.51. The number of rotatable bonds is 2. The van der Waals surface area contributed by atoms with Crippen LogP contribution in [0.3, 0.4) is 0 Å². The number of carbonyl (C=O) groups excluding carboxylic acids is 1. The third-order valence-corrected chi connectivity index (χ3v) is 2.98. The standard InChI is InChI=1S/C11H8O4S/c1-6(12)15-9-5-16-10-3-2-7(11(13)14)4-8(9)10/h2-5H,1H3,(H,13,14). The summed E-state index contributed by atoms with van der Waals surface area (Å²) in [6, 6.07) is 4.74. The minimum Gasteiger partial charge on any atom is -0.478 e. The summed E-state index contributed by atoms with van der Waals surface area (Å²) >= 11 is 1.41. The lowest BCUT2D eigenvalue weighted by atomic mass is 10.1.